The van der Waals surface area contributed by atoms with Crippen molar-refractivity contribution in [1.82, 2.24) is 4.90 Å². The third-order valence-corrected chi connectivity index (χ3v) is 2.73. The van der Waals surface area contributed by atoms with Crippen LogP contribution in [0.15, 0.2) is 18.2 Å². The molecule has 0 heterocycles. The second-order valence-corrected chi connectivity index (χ2v) is 4.55. The number of alkyl halides is 2. The molecule has 1 amide bonds. The molecule has 0 atom stereocenters. The maximum Gasteiger partial charge on any atom is 0.255 e. The number of hydrogen-bond donors (Lipinski definition) is 1. The highest BCUT2D eigenvalue weighted by Crippen LogP contribution is 2.19. The van der Waals surface area contributed by atoms with Gasteiger partial charge in [0, 0.05) is 19.3 Å². The standard InChI is InChI=1S/C14H20F2N2O/c1-4-7-17-12-8-10(2)5-6-11(12)14(19)18(3)9-13(15)16/h5-6,8,13,17H,4,7,9H2,1-3H3. The first-order valence-electron chi connectivity index (χ1n) is 6.33. The Morgan fingerprint density at radius 1 is 1.42 bits per heavy atom. The molecule has 1 aromatic rings. The van der Waals surface area contributed by atoms with Gasteiger partial charge < -0.3 is 10.2 Å². The molecule has 0 aromatic heterocycles. The van der Waals surface area contributed by atoms with Crippen LogP contribution < -0.4 is 5.32 Å². The predicted molar refractivity (Wildman–Crippen MR) is 72.9 cm³/mol. The Balaban J connectivity index is 2.94. The summed E-state index contributed by atoms with van der Waals surface area (Å²) in [7, 11) is 1.39. The number of carbonyl (C=O) groups is 1. The Hall–Kier alpha value is -1.65. The normalized spacial score (nSPS) is 10.6. The van der Waals surface area contributed by atoms with Crippen molar-refractivity contribution in [2.24, 2.45) is 0 Å². The average molecular weight is 270 g/mol. The summed E-state index contributed by atoms with van der Waals surface area (Å²) >= 11 is 0. The Bertz CT molecular complexity index is 435. The van der Waals surface area contributed by atoms with E-state index in [1.165, 1.54) is 7.05 Å². The van der Waals surface area contributed by atoms with Gasteiger partial charge in [0.05, 0.1) is 12.1 Å². The van der Waals surface area contributed by atoms with Crippen LogP contribution in [-0.2, 0) is 0 Å². The van der Waals surface area contributed by atoms with Crippen LogP contribution in [0, 0.1) is 6.92 Å². The van der Waals surface area contributed by atoms with Gasteiger partial charge in [-0.2, -0.15) is 0 Å². The van der Waals surface area contributed by atoms with Crippen molar-refractivity contribution in [3.63, 3.8) is 0 Å². The van der Waals surface area contributed by atoms with Gasteiger partial charge in [0.2, 0.25) is 0 Å². The Labute approximate surface area is 112 Å². The van der Waals surface area contributed by atoms with E-state index in [2.05, 4.69) is 5.32 Å². The maximum absolute atomic E-state index is 12.3. The van der Waals surface area contributed by atoms with Crippen LogP contribution in [0.4, 0.5) is 14.5 Å². The molecule has 1 N–H and O–H groups in total. The first-order valence-corrected chi connectivity index (χ1v) is 6.33. The molecule has 1 aromatic carbocycles. The lowest BCUT2D eigenvalue weighted by Gasteiger charge is -2.19. The van der Waals surface area contributed by atoms with E-state index >= 15 is 0 Å². The maximum atomic E-state index is 12.3. The van der Waals surface area contributed by atoms with Gasteiger partial charge in [-0.05, 0) is 31.0 Å². The minimum absolute atomic E-state index is 0.390. The lowest BCUT2D eigenvalue weighted by atomic mass is 10.1. The summed E-state index contributed by atoms with van der Waals surface area (Å²) in [6.45, 7) is 4.13. The van der Waals surface area contributed by atoms with Crippen LogP contribution in [0.25, 0.3) is 0 Å². The lowest BCUT2D eigenvalue weighted by molar-refractivity contribution is 0.0621. The van der Waals surface area contributed by atoms with Crippen LogP contribution in [0.1, 0.15) is 29.3 Å². The number of amides is 1. The van der Waals surface area contributed by atoms with E-state index in [0.717, 1.165) is 23.4 Å². The number of aryl methyl sites for hydroxylation is 1. The molecular formula is C14H20F2N2O. The number of hydrogen-bond acceptors (Lipinski definition) is 2. The van der Waals surface area contributed by atoms with Crippen molar-refractivity contribution >= 4 is 11.6 Å². The second-order valence-electron chi connectivity index (χ2n) is 4.55. The second kappa shape index (κ2) is 7.07. The summed E-state index contributed by atoms with van der Waals surface area (Å²) in [6, 6.07) is 5.34. The SMILES string of the molecule is CCCNc1cc(C)ccc1C(=O)N(C)CC(F)F. The summed E-state index contributed by atoms with van der Waals surface area (Å²) in [6.07, 6.45) is -1.60. The van der Waals surface area contributed by atoms with Crippen LogP contribution >= 0.6 is 0 Å². The van der Waals surface area contributed by atoms with E-state index in [9.17, 15) is 13.6 Å². The van der Waals surface area contributed by atoms with Crippen LogP contribution in [-0.4, -0.2) is 37.4 Å². The number of nitrogens with zero attached hydrogens (tertiary/aromatic N) is 1. The Morgan fingerprint density at radius 2 is 2.11 bits per heavy atom. The van der Waals surface area contributed by atoms with Gasteiger partial charge in [0.15, 0.2) is 0 Å². The molecule has 1 rings (SSSR count). The number of halogens is 2. The third-order valence-electron chi connectivity index (χ3n) is 2.73. The fourth-order valence-corrected chi connectivity index (χ4v) is 1.75. The van der Waals surface area contributed by atoms with E-state index in [-0.39, 0.29) is 5.91 Å². The minimum atomic E-state index is -2.52. The van der Waals surface area contributed by atoms with E-state index in [4.69, 9.17) is 0 Å². The largest absolute Gasteiger partial charge is 0.384 e. The third kappa shape index (κ3) is 4.50. The molecule has 0 bridgehead atoms. The summed E-state index contributed by atoms with van der Waals surface area (Å²) in [4.78, 5) is 13.2. The van der Waals surface area contributed by atoms with Gasteiger partial charge in [-0.1, -0.05) is 13.0 Å². The zero-order valence-electron chi connectivity index (χ0n) is 11.5. The first kappa shape index (κ1) is 15.4. The van der Waals surface area contributed by atoms with E-state index < -0.39 is 13.0 Å². The Kier molecular flexibility index (Phi) is 5.73. The van der Waals surface area contributed by atoms with Crippen LogP contribution in [0.5, 0.6) is 0 Å². The Morgan fingerprint density at radius 3 is 2.68 bits per heavy atom. The summed E-state index contributed by atoms with van der Waals surface area (Å²) in [5.74, 6) is -0.390. The molecule has 0 unspecified atom stereocenters. The van der Waals surface area contributed by atoms with Crippen molar-refractivity contribution < 1.29 is 13.6 Å². The van der Waals surface area contributed by atoms with Crippen LogP contribution in [0.3, 0.4) is 0 Å². The average Bonchev–Trinajstić information content (AvgIpc) is 2.34. The summed E-state index contributed by atoms with van der Waals surface area (Å²) in [5.41, 5.74) is 2.15. The molecule has 5 heteroatoms. The fourth-order valence-electron chi connectivity index (χ4n) is 1.75. The molecule has 0 radical (unpaired) electrons. The highest BCUT2D eigenvalue weighted by molar-refractivity contribution is 5.99. The predicted octanol–water partition coefficient (Wildman–Crippen LogP) is 3.15. The van der Waals surface area contributed by atoms with Crippen molar-refractivity contribution in [3.8, 4) is 0 Å². The number of rotatable bonds is 6. The topological polar surface area (TPSA) is 32.3 Å². The zero-order valence-corrected chi connectivity index (χ0v) is 11.5. The quantitative estimate of drug-likeness (QED) is 0.861. The van der Waals surface area contributed by atoms with E-state index in [1.54, 1.807) is 12.1 Å². The molecule has 0 fully saturated rings. The summed E-state index contributed by atoms with van der Waals surface area (Å²) in [5, 5.41) is 3.16. The monoisotopic (exact) mass is 270 g/mol. The van der Waals surface area contributed by atoms with Gasteiger partial charge in [-0.15, -0.1) is 0 Å². The number of nitrogens with one attached hydrogen (secondary N) is 1. The molecule has 0 saturated heterocycles. The molecule has 0 aliphatic rings. The number of anilines is 1. The van der Waals surface area contributed by atoms with Gasteiger partial charge in [0.25, 0.3) is 12.3 Å². The molecule has 0 spiro atoms. The zero-order chi connectivity index (χ0) is 14.4. The van der Waals surface area contributed by atoms with Crippen LogP contribution in [0.2, 0.25) is 0 Å². The highest BCUT2D eigenvalue weighted by Gasteiger charge is 2.18. The smallest absolute Gasteiger partial charge is 0.255 e. The van der Waals surface area contributed by atoms with Gasteiger partial charge in [-0.3, -0.25) is 4.79 Å². The molecule has 0 saturated carbocycles. The molecule has 3 nitrogen and oxygen atoms in total. The van der Waals surface area contributed by atoms with E-state index in [1.807, 2.05) is 19.9 Å². The van der Waals surface area contributed by atoms with E-state index in [0.29, 0.717) is 11.3 Å². The molecule has 0 aliphatic heterocycles. The summed E-state index contributed by atoms with van der Waals surface area (Å²) < 4.78 is 24.6. The molecule has 19 heavy (non-hydrogen) atoms. The van der Waals surface area contributed by atoms with Crippen molar-refractivity contribution in [3.05, 3.63) is 29.3 Å². The number of carbonyl (C=O) groups excluding carboxylic acids is 1. The lowest BCUT2D eigenvalue weighted by Crippen LogP contribution is -2.31. The van der Waals surface area contributed by atoms with Crippen molar-refractivity contribution in [1.29, 1.82) is 0 Å². The number of benzene rings is 1. The fraction of sp³-hybridized carbons (Fsp3) is 0.500. The molecule has 0 aliphatic carbocycles. The van der Waals surface area contributed by atoms with Gasteiger partial charge in [0.1, 0.15) is 0 Å². The highest BCUT2D eigenvalue weighted by atomic mass is 19.3. The molecule has 106 valence electrons. The van der Waals surface area contributed by atoms with Gasteiger partial charge in [-0.25, -0.2) is 8.78 Å². The molecular weight excluding hydrogens is 250 g/mol. The van der Waals surface area contributed by atoms with Crippen molar-refractivity contribution in [2.45, 2.75) is 26.7 Å². The van der Waals surface area contributed by atoms with Gasteiger partial charge >= 0.3 is 0 Å². The first-order chi connectivity index (χ1) is 8.95. The minimum Gasteiger partial charge on any atom is -0.384 e. The van der Waals surface area contributed by atoms with Crippen molar-refractivity contribution in [2.75, 3.05) is 25.5 Å².